The second kappa shape index (κ2) is 3.65. The molecule has 1 aromatic heterocycles. The molecule has 0 spiro atoms. The van der Waals surface area contributed by atoms with Crippen LogP contribution in [-0.2, 0) is 6.18 Å². The molecule has 0 aliphatic carbocycles. The summed E-state index contributed by atoms with van der Waals surface area (Å²) in [6, 6.07) is 0. The summed E-state index contributed by atoms with van der Waals surface area (Å²) in [6.07, 6.45) is -1.68. The molecular formula is C8H7F3N2O. The summed E-state index contributed by atoms with van der Waals surface area (Å²) in [4.78, 5) is 3.18. The number of nitrogens with zero attached hydrogens (tertiary/aromatic N) is 2. The SMILES string of the molecule is C=CC=C(C)c1noc(C(F)(F)F)n1. The Balaban J connectivity index is 3.00. The van der Waals surface area contributed by atoms with E-state index in [2.05, 4.69) is 21.2 Å². The molecule has 1 rings (SSSR count). The van der Waals surface area contributed by atoms with E-state index < -0.39 is 12.1 Å². The minimum atomic E-state index is -4.60. The Morgan fingerprint density at radius 3 is 2.57 bits per heavy atom. The highest BCUT2D eigenvalue weighted by Crippen LogP contribution is 2.28. The lowest BCUT2D eigenvalue weighted by Gasteiger charge is -1.95. The van der Waals surface area contributed by atoms with E-state index in [1.807, 2.05) is 0 Å². The molecule has 1 aromatic rings. The summed E-state index contributed by atoms with van der Waals surface area (Å²) in [6.45, 7) is 4.96. The van der Waals surface area contributed by atoms with Crippen LogP contribution >= 0.6 is 0 Å². The third-order valence-corrected chi connectivity index (χ3v) is 1.39. The molecular weight excluding hydrogens is 197 g/mol. The molecule has 14 heavy (non-hydrogen) atoms. The number of aromatic nitrogens is 2. The topological polar surface area (TPSA) is 38.9 Å². The largest absolute Gasteiger partial charge is 0.471 e. The molecule has 0 aromatic carbocycles. The quantitative estimate of drug-likeness (QED) is 0.695. The van der Waals surface area contributed by atoms with Crippen LogP contribution in [0.15, 0.2) is 23.3 Å². The zero-order valence-corrected chi connectivity index (χ0v) is 7.30. The molecule has 3 nitrogen and oxygen atoms in total. The van der Waals surface area contributed by atoms with Crippen molar-refractivity contribution in [1.29, 1.82) is 0 Å². The molecule has 1 heterocycles. The molecule has 0 aliphatic heterocycles. The smallest absolute Gasteiger partial charge is 0.329 e. The van der Waals surface area contributed by atoms with Crippen LogP contribution in [0.3, 0.4) is 0 Å². The van der Waals surface area contributed by atoms with Crippen molar-refractivity contribution in [3.63, 3.8) is 0 Å². The van der Waals surface area contributed by atoms with Gasteiger partial charge in [-0.25, -0.2) is 0 Å². The van der Waals surface area contributed by atoms with Crippen molar-refractivity contribution in [2.75, 3.05) is 0 Å². The zero-order valence-electron chi connectivity index (χ0n) is 7.30. The van der Waals surface area contributed by atoms with Gasteiger partial charge in [-0.1, -0.05) is 23.9 Å². The highest BCUT2D eigenvalue weighted by Gasteiger charge is 2.38. The van der Waals surface area contributed by atoms with E-state index in [9.17, 15) is 13.2 Å². The Hall–Kier alpha value is -1.59. The van der Waals surface area contributed by atoms with Crippen LogP contribution in [0.4, 0.5) is 13.2 Å². The molecule has 0 aliphatic rings. The first-order valence-electron chi connectivity index (χ1n) is 3.65. The Morgan fingerprint density at radius 2 is 2.14 bits per heavy atom. The number of rotatable bonds is 2. The molecule has 0 saturated heterocycles. The van der Waals surface area contributed by atoms with Crippen LogP contribution in [-0.4, -0.2) is 10.1 Å². The molecule has 0 N–H and O–H groups in total. The summed E-state index contributed by atoms with van der Waals surface area (Å²) in [5.74, 6) is -1.43. The van der Waals surface area contributed by atoms with E-state index in [4.69, 9.17) is 0 Å². The number of hydrogen-bond donors (Lipinski definition) is 0. The molecule has 76 valence electrons. The fourth-order valence-electron chi connectivity index (χ4n) is 0.750. The lowest BCUT2D eigenvalue weighted by Crippen LogP contribution is -2.05. The van der Waals surface area contributed by atoms with Gasteiger partial charge in [-0.15, -0.1) is 0 Å². The van der Waals surface area contributed by atoms with Gasteiger partial charge in [0.2, 0.25) is 0 Å². The summed E-state index contributed by atoms with van der Waals surface area (Å²) < 4.78 is 40.1. The first-order valence-corrected chi connectivity index (χ1v) is 3.65. The fourth-order valence-corrected chi connectivity index (χ4v) is 0.750. The summed E-state index contributed by atoms with van der Waals surface area (Å²) in [5, 5.41) is 3.18. The first-order chi connectivity index (χ1) is 6.45. The van der Waals surface area contributed by atoms with Gasteiger partial charge in [-0.05, 0) is 12.5 Å². The molecule has 0 atom stereocenters. The number of alkyl halides is 3. The number of allylic oxidation sites excluding steroid dienone is 3. The molecule has 0 bridgehead atoms. The van der Waals surface area contributed by atoms with Crippen molar-refractivity contribution < 1.29 is 17.7 Å². The Morgan fingerprint density at radius 1 is 1.50 bits per heavy atom. The third kappa shape index (κ3) is 2.21. The van der Waals surface area contributed by atoms with E-state index >= 15 is 0 Å². The third-order valence-electron chi connectivity index (χ3n) is 1.39. The maximum absolute atomic E-state index is 12.0. The number of hydrogen-bond acceptors (Lipinski definition) is 3. The monoisotopic (exact) mass is 204 g/mol. The van der Waals surface area contributed by atoms with Crippen LogP contribution < -0.4 is 0 Å². The van der Waals surface area contributed by atoms with Crippen molar-refractivity contribution in [3.8, 4) is 0 Å². The van der Waals surface area contributed by atoms with Crippen molar-refractivity contribution >= 4 is 5.57 Å². The van der Waals surface area contributed by atoms with E-state index in [1.54, 1.807) is 6.92 Å². The highest BCUT2D eigenvalue weighted by atomic mass is 19.4. The van der Waals surface area contributed by atoms with Gasteiger partial charge in [0, 0.05) is 0 Å². The molecule has 0 fully saturated rings. The summed E-state index contributed by atoms with van der Waals surface area (Å²) in [7, 11) is 0. The predicted molar refractivity (Wildman–Crippen MR) is 43.1 cm³/mol. The van der Waals surface area contributed by atoms with E-state index in [0.717, 1.165) is 0 Å². The second-order valence-electron chi connectivity index (χ2n) is 2.51. The molecule has 6 heteroatoms. The molecule has 0 radical (unpaired) electrons. The van der Waals surface area contributed by atoms with Crippen molar-refractivity contribution in [2.45, 2.75) is 13.1 Å². The number of halogens is 3. The van der Waals surface area contributed by atoms with Crippen LogP contribution in [0.2, 0.25) is 0 Å². The highest BCUT2D eigenvalue weighted by molar-refractivity contribution is 5.58. The standard InChI is InChI=1S/C8H7F3N2O/c1-3-4-5(2)6-12-7(14-13-6)8(9,10)11/h3-4H,1H2,2H3. The molecule has 0 amide bonds. The Bertz CT molecular complexity index is 365. The average Bonchev–Trinajstić information content (AvgIpc) is 2.51. The minimum absolute atomic E-state index is 0.0859. The van der Waals surface area contributed by atoms with Crippen LogP contribution in [0.1, 0.15) is 18.6 Å². The normalized spacial score (nSPS) is 13.0. The van der Waals surface area contributed by atoms with E-state index in [-0.39, 0.29) is 5.82 Å². The van der Waals surface area contributed by atoms with Gasteiger partial charge in [0.25, 0.3) is 0 Å². The fraction of sp³-hybridized carbons (Fsp3) is 0.250. The average molecular weight is 204 g/mol. The van der Waals surface area contributed by atoms with Gasteiger partial charge in [0.05, 0.1) is 0 Å². The minimum Gasteiger partial charge on any atom is -0.329 e. The van der Waals surface area contributed by atoms with Gasteiger partial charge < -0.3 is 4.52 Å². The zero-order chi connectivity index (χ0) is 10.8. The van der Waals surface area contributed by atoms with Gasteiger partial charge >= 0.3 is 12.1 Å². The van der Waals surface area contributed by atoms with Crippen LogP contribution in [0.25, 0.3) is 5.57 Å². The van der Waals surface area contributed by atoms with Crippen LogP contribution in [0, 0.1) is 0 Å². The van der Waals surface area contributed by atoms with Gasteiger partial charge in [0.1, 0.15) is 0 Å². The molecule has 0 saturated carbocycles. The lowest BCUT2D eigenvalue weighted by atomic mass is 10.3. The van der Waals surface area contributed by atoms with Crippen LogP contribution in [0.5, 0.6) is 0 Å². The first kappa shape index (κ1) is 10.5. The van der Waals surface area contributed by atoms with Gasteiger partial charge in [-0.2, -0.15) is 18.2 Å². The maximum Gasteiger partial charge on any atom is 0.471 e. The summed E-state index contributed by atoms with van der Waals surface area (Å²) >= 11 is 0. The van der Waals surface area contributed by atoms with Crippen molar-refractivity contribution in [3.05, 3.63) is 30.4 Å². The Kier molecular flexibility index (Phi) is 2.73. The van der Waals surface area contributed by atoms with Gasteiger partial charge in [-0.3, -0.25) is 0 Å². The lowest BCUT2D eigenvalue weighted by molar-refractivity contribution is -0.159. The van der Waals surface area contributed by atoms with E-state index in [1.165, 1.54) is 12.2 Å². The second-order valence-corrected chi connectivity index (χ2v) is 2.51. The molecule has 0 unspecified atom stereocenters. The van der Waals surface area contributed by atoms with E-state index in [0.29, 0.717) is 5.57 Å². The van der Waals surface area contributed by atoms with Crippen molar-refractivity contribution in [2.24, 2.45) is 0 Å². The van der Waals surface area contributed by atoms with Gasteiger partial charge in [0.15, 0.2) is 5.82 Å². The van der Waals surface area contributed by atoms with Crippen molar-refractivity contribution in [1.82, 2.24) is 10.1 Å². The maximum atomic E-state index is 12.0. The Labute approximate surface area is 77.9 Å². The predicted octanol–water partition coefficient (Wildman–Crippen LogP) is 2.68. The summed E-state index contributed by atoms with van der Waals surface area (Å²) in [5.41, 5.74) is 0.458.